The summed E-state index contributed by atoms with van der Waals surface area (Å²) in [6, 6.07) is 5.16. The molecule has 0 aliphatic heterocycles. The second kappa shape index (κ2) is 6.84. The van der Waals surface area contributed by atoms with Crippen LogP contribution in [0.1, 0.15) is 15.2 Å². The summed E-state index contributed by atoms with van der Waals surface area (Å²) in [6.45, 7) is 1.90. The maximum absolute atomic E-state index is 11.7. The molecule has 110 valence electrons. The van der Waals surface area contributed by atoms with E-state index < -0.39 is 5.97 Å². The first-order valence-corrected chi connectivity index (χ1v) is 7.48. The van der Waals surface area contributed by atoms with E-state index in [1.165, 1.54) is 24.6 Å². The molecule has 0 bridgehead atoms. The second-order valence-electron chi connectivity index (χ2n) is 4.03. The van der Waals surface area contributed by atoms with E-state index in [4.69, 9.17) is 28.6 Å². The number of pyridine rings is 1. The van der Waals surface area contributed by atoms with Crippen LogP contribution in [0.25, 0.3) is 0 Å². The number of carbonyl (C=O) groups excluding carboxylic acids is 1. The third-order valence-corrected chi connectivity index (χ3v) is 3.85. The van der Waals surface area contributed by atoms with Crippen LogP contribution in [-0.4, -0.2) is 23.2 Å². The lowest BCUT2D eigenvalue weighted by Gasteiger charge is -2.09. The number of aryl methyl sites for hydroxylation is 1. The minimum atomic E-state index is -0.408. The molecule has 5 nitrogen and oxygen atoms in total. The normalized spacial score (nSPS) is 10.0. The minimum absolute atomic E-state index is 0.330. The van der Waals surface area contributed by atoms with Crippen LogP contribution in [0.15, 0.2) is 24.4 Å². The quantitative estimate of drug-likeness (QED) is 0.655. The molecule has 2 N–H and O–H groups in total. The Morgan fingerprint density at radius 1 is 1.43 bits per heavy atom. The Balaban J connectivity index is 2.09. The number of nitrogens with one attached hydrogen (secondary N) is 2. The van der Waals surface area contributed by atoms with Gasteiger partial charge in [-0.25, -0.2) is 9.78 Å². The van der Waals surface area contributed by atoms with E-state index in [1.54, 1.807) is 18.2 Å². The second-order valence-corrected chi connectivity index (χ2v) is 6.13. The highest BCUT2D eigenvalue weighted by Gasteiger charge is 2.16. The Kier molecular flexibility index (Phi) is 5.11. The van der Waals surface area contributed by atoms with Gasteiger partial charge in [-0.1, -0.05) is 11.6 Å². The van der Waals surface area contributed by atoms with Crippen LogP contribution >= 0.6 is 35.2 Å². The summed E-state index contributed by atoms with van der Waals surface area (Å²) in [5.41, 5.74) is 0.452. The van der Waals surface area contributed by atoms with Gasteiger partial charge in [-0.2, -0.15) is 0 Å². The Bertz CT molecular complexity index is 671. The van der Waals surface area contributed by atoms with E-state index in [0.29, 0.717) is 26.5 Å². The smallest absolute Gasteiger partial charge is 0.340 e. The summed E-state index contributed by atoms with van der Waals surface area (Å²) in [4.78, 5) is 16.7. The Morgan fingerprint density at radius 2 is 2.19 bits per heavy atom. The standard InChI is InChI=1S/C13H12ClN3O2S2/c1-7-5-9(12(18)19-2)11(21-7)17-13(20)16-10-4-3-8(14)6-15-10/h3-6H,1-2H3,(H2,15,16,17,20). The molecule has 0 fully saturated rings. The summed E-state index contributed by atoms with van der Waals surface area (Å²) in [6.07, 6.45) is 1.52. The molecule has 0 atom stereocenters. The Hall–Kier alpha value is -1.70. The number of esters is 1. The van der Waals surface area contributed by atoms with Crippen LogP contribution in [0.3, 0.4) is 0 Å². The van der Waals surface area contributed by atoms with E-state index in [1.807, 2.05) is 6.92 Å². The highest BCUT2D eigenvalue weighted by atomic mass is 35.5. The molecule has 2 heterocycles. The van der Waals surface area contributed by atoms with Crippen molar-refractivity contribution in [2.75, 3.05) is 17.7 Å². The number of ether oxygens (including phenoxy) is 1. The number of halogens is 1. The summed E-state index contributed by atoms with van der Waals surface area (Å²) < 4.78 is 4.74. The van der Waals surface area contributed by atoms with Gasteiger partial charge in [0.2, 0.25) is 0 Å². The summed E-state index contributed by atoms with van der Waals surface area (Å²) in [5, 5.41) is 7.39. The van der Waals surface area contributed by atoms with Gasteiger partial charge in [0, 0.05) is 11.1 Å². The van der Waals surface area contributed by atoms with Crippen molar-refractivity contribution in [3.63, 3.8) is 0 Å². The molecule has 2 rings (SSSR count). The van der Waals surface area contributed by atoms with Gasteiger partial charge in [-0.05, 0) is 37.3 Å². The maximum Gasteiger partial charge on any atom is 0.340 e. The van der Waals surface area contributed by atoms with Gasteiger partial charge in [0.25, 0.3) is 0 Å². The highest BCUT2D eigenvalue weighted by Crippen LogP contribution is 2.28. The number of hydrogen-bond donors (Lipinski definition) is 2. The first-order chi connectivity index (χ1) is 9.99. The lowest BCUT2D eigenvalue weighted by molar-refractivity contribution is 0.0602. The number of nitrogens with zero attached hydrogens (tertiary/aromatic N) is 1. The van der Waals surface area contributed by atoms with Gasteiger partial charge in [0.1, 0.15) is 10.8 Å². The molecule has 2 aromatic heterocycles. The van der Waals surface area contributed by atoms with Crippen LogP contribution in [0, 0.1) is 6.92 Å². The van der Waals surface area contributed by atoms with Gasteiger partial charge >= 0.3 is 5.97 Å². The molecule has 21 heavy (non-hydrogen) atoms. The average molecular weight is 342 g/mol. The zero-order valence-electron chi connectivity index (χ0n) is 11.3. The fourth-order valence-corrected chi connectivity index (χ4v) is 2.86. The van der Waals surface area contributed by atoms with Gasteiger partial charge in [-0.3, -0.25) is 0 Å². The van der Waals surface area contributed by atoms with E-state index >= 15 is 0 Å². The van der Waals surface area contributed by atoms with E-state index in [-0.39, 0.29) is 0 Å². The predicted octanol–water partition coefficient (Wildman–Crippen LogP) is 3.70. The first-order valence-electron chi connectivity index (χ1n) is 5.88. The summed E-state index contributed by atoms with van der Waals surface area (Å²) >= 11 is 12.4. The molecule has 0 aliphatic carbocycles. The van der Waals surface area contributed by atoms with E-state index in [2.05, 4.69) is 15.6 Å². The van der Waals surface area contributed by atoms with E-state index in [9.17, 15) is 4.79 Å². The lowest BCUT2D eigenvalue weighted by Crippen LogP contribution is -2.20. The Labute approximate surface area is 136 Å². The number of thiocarbonyl (C=S) groups is 1. The maximum atomic E-state index is 11.7. The number of thiophene rings is 1. The van der Waals surface area contributed by atoms with Crippen molar-refractivity contribution < 1.29 is 9.53 Å². The van der Waals surface area contributed by atoms with Crippen LogP contribution in [0.2, 0.25) is 5.02 Å². The van der Waals surface area contributed by atoms with Crippen LogP contribution in [0.4, 0.5) is 10.8 Å². The number of anilines is 2. The van der Waals surface area contributed by atoms with Crippen molar-refractivity contribution >= 4 is 57.1 Å². The fourth-order valence-electron chi connectivity index (χ4n) is 1.57. The lowest BCUT2D eigenvalue weighted by atomic mass is 10.3. The number of carbonyl (C=O) groups is 1. The molecule has 0 spiro atoms. The van der Waals surface area contributed by atoms with Crippen molar-refractivity contribution in [2.24, 2.45) is 0 Å². The molecular weight excluding hydrogens is 330 g/mol. The molecule has 0 saturated carbocycles. The summed E-state index contributed by atoms with van der Waals surface area (Å²) in [5.74, 6) is 0.152. The molecule has 2 aromatic rings. The molecule has 0 aliphatic rings. The van der Waals surface area contributed by atoms with Gasteiger partial charge < -0.3 is 15.4 Å². The minimum Gasteiger partial charge on any atom is -0.465 e. The predicted molar refractivity (Wildman–Crippen MR) is 89.5 cm³/mol. The first kappa shape index (κ1) is 15.7. The highest BCUT2D eigenvalue weighted by molar-refractivity contribution is 7.80. The average Bonchev–Trinajstić information content (AvgIpc) is 2.81. The van der Waals surface area contributed by atoms with Crippen LogP contribution in [0.5, 0.6) is 0 Å². The van der Waals surface area contributed by atoms with Gasteiger partial charge in [-0.15, -0.1) is 11.3 Å². The van der Waals surface area contributed by atoms with Crippen LogP contribution in [-0.2, 0) is 4.74 Å². The van der Waals surface area contributed by atoms with Crippen molar-refractivity contribution in [1.29, 1.82) is 0 Å². The van der Waals surface area contributed by atoms with Crippen molar-refractivity contribution in [1.82, 2.24) is 4.98 Å². The van der Waals surface area contributed by atoms with Crippen molar-refractivity contribution in [3.05, 3.63) is 39.9 Å². The molecule has 0 saturated heterocycles. The zero-order chi connectivity index (χ0) is 15.4. The molecule has 0 aromatic carbocycles. The monoisotopic (exact) mass is 341 g/mol. The van der Waals surface area contributed by atoms with E-state index in [0.717, 1.165) is 4.88 Å². The molecule has 0 radical (unpaired) electrons. The van der Waals surface area contributed by atoms with Crippen molar-refractivity contribution in [3.8, 4) is 0 Å². The molecule has 0 amide bonds. The van der Waals surface area contributed by atoms with Crippen molar-refractivity contribution in [2.45, 2.75) is 6.92 Å². The zero-order valence-corrected chi connectivity index (χ0v) is 13.7. The largest absolute Gasteiger partial charge is 0.465 e. The van der Waals surface area contributed by atoms with Gasteiger partial charge in [0.05, 0.1) is 17.7 Å². The molecule has 8 heteroatoms. The topological polar surface area (TPSA) is 63.2 Å². The number of hydrogen-bond acceptors (Lipinski definition) is 5. The third kappa shape index (κ3) is 4.13. The number of rotatable bonds is 3. The number of methoxy groups -OCH3 is 1. The SMILES string of the molecule is COC(=O)c1cc(C)sc1NC(=S)Nc1ccc(Cl)cn1. The fraction of sp³-hybridized carbons (Fsp3) is 0.154. The summed E-state index contributed by atoms with van der Waals surface area (Å²) in [7, 11) is 1.34. The van der Waals surface area contributed by atoms with Crippen LogP contribution < -0.4 is 10.6 Å². The Morgan fingerprint density at radius 3 is 2.81 bits per heavy atom. The third-order valence-electron chi connectivity index (χ3n) is 2.46. The molecule has 0 unspecified atom stereocenters. The van der Waals surface area contributed by atoms with Gasteiger partial charge in [0.15, 0.2) is 5.11 Å². The molecular formula is C13H12ClN3O2S2. The number of aromatic nitrogens is 1.